The van der Waals surface area contributed by atoms with Crippen LogP contribution in [0.5, 0.6) is 5.75 Å². The van der Waals surface area contributed by atoms with Crippen LogP contribution in [0, 0.1) is 5.41 Å². The highest BCUT2D eigenvalue weighted by atomic mass is 16.5. The molecular weight excluding hydrogens is 266 g/mol. The van der Waals surface area contributed by atoms with Crippen molar-refractivity contribution < 1.29 is 9.47 Å². The smallest absolute Gasteiger partial charge is 0.191 e. The van der Waals surface area contributed by atoms with E-state index in [9.17, 15) is 0 Å². The van der Waals surface area contributed by atoms with Crippen molar-refractivity contribution in [1.82, 2.24) is 10.6 Å². The van der Waals surface area contributed by atoms with Crippen LogP contribution >= 0.6 is 0 Å². The molecular formula is C16H25N3O2. The van der Waals surface area contributed by atoms with Crippen LogP contribution in [-0.2, 0) is 11.3 Å². The molecule has 1 aromatic carbocycles. The second kappa shape index (κ2) is 7.31. The van der Waals surface area contributed by atoms with Gasteiger partial charge >= 0.3 is 0 Å². The third-order valence-corrected chi connectivity index (χ3v) is 3.53. The minimum Gasteiger partial charge on any atom is -0.494 e. The zero-order valence-electron chi connectivity index (χ0n) is 13.1. The van der Waals surface area contributed by atoms with Gasteiger partial charge in [-0.05, 0) is 13.0 Å². The Labute approximate surface area is 126 Å². The van der Waals surface area contributed by atoms with Gasteiger partial charge in [-0.25, -0.2) is 0 Å². The number of nitrogens with zero attached hydrogens (tertiary/aromatic N) is 1. The lowest BCUT2D eigenvalue weighted by atomic mass is 9.89. The first kappa shape index (κ1) is 15.6. The number of benzene rings is 1. The summed E-state index contributed by atoms with van der Waals surface area (Å²) in [7, 11) is 1.78. The summed E-state index contributed by atoms with van der Waals surface area (Å²) in [5.74, 6) is 1.72. The van der Waals surface area contributed by atoms with Gasteiger partial charge in [0, 0.05) is 31.1 Å². The monoisotopic (exact) mass is 291 g/mol. The first-order chi connectivity index (χ1) is 10.2. The number of aliphatic imine (C=N–C) groups is 1. The normalized spacial score (nSPS) is 17.0. The number of guanidine groups is 1. The van der Waals surface area contributed by atoms with Gasteiger partial charge in [0.05, 0.1) is 19.8 Å². The standard InChI is InChI=1S/C16H25N3O2/c1-4-21-14-8-6-5-7-13(14)9-18-15(17-3)19-10-16(2)11-20-12-16/h5-8H,4,9-12H2,1-3H3,(H2,17,18,19). The number of hydrogen-bond acceptors (Lipinski definition) is 3. The van der Waals surface area contributed by atoms with E-state index in [4.69, 9.17) is 9.47 Å². The molecule has 0 amide bonds. The molecule has 0 radical (unpaired) electrons. The Kier molecular flexibility index (Phi) is 5.44. The maximum Gasteiger partial charge on any atom is 0.191 e. The van der Waals surface area contributed by atoms with E-state index in [2.05, 4.69) is 28.6 Å². The fourth-order valence-corrected chi connectivity index (χ4v) is 2.20. The Morgan fingerprint density at radius 3 is 2.71 bits per heavy atom. The summed E-state index contributed by atoms with van der Waals surface area (Å²) >= 11 is 0. The molecule has 1 heterocycles. The minimum absolute atomic E-state index is 0.223. The molecule has 0 spiro atoms. The van der Waals surface area contributed by atoms with E-state index in [0.29, 0.717) is 13.2 Å². The van der Waals surface area contributed by atoms with Crippen molar-refractivity contribution in [1.29, 1.82) is 0 Å². The largest absolute Gasteiger partial charge is 0.494 e. The van der Waals surface area contributed by atoms with E-state index >= 15 is 0 Å². The highest BCUT2D eigenvalue weighted by Crippen LogP contribution is 2.25. The lowest BCUT2D eigenvalue weighted by Gasteiger charge is -2.38. The fraction of sp³-hybridized carbons (Fsp3) is 0.562. The highest BCUT2D eigenvalue weighted by molar-refractivity contribution is 5.79. The number of nitrogens with one attached hydrogen (secondary N) is 2. The number of ether oxygens (including phenoxy) is 2. The van der Waals surface area contributed by atoms with Gasteiger partial charge in [0.2, 0.25) is 0 Å². The molecule has 1 aliphatic rings. The predicted molar refractivity (Wildman–Crippen MR) is 84.7 cm³/mol. The Hall–Kier alpha value is -1.75. The molecule has 0 aromatic heterocycles. The van der Waals surface area contributed by atoms with Crippen LogP contribution < -0.4 is 15.4 Å². The Bertz CT molecular complexity index is 484. The van der Waals surface area contributed by atoms with Gasteiger partial charge in [-0.1, -0.05) is 25.1 Å². The predicted octanol–water partition coefficient (Wildman–Crippen LogP) is 1.79. The average molecular weight is 291 g/mol. The van der Waals surface area contributed by atoms with E-state index in [-0.39, 0.29) is 5.41 Å². The molecule has 116 valence electrons. The maximum atomic E-state index is 5.63. The zero-order valence-corrected chi connectivity index (χ0v) is 13.1. The molecule has 0 saturated carbocycles. The summed E-state index contributed by atoms with van der Waals surface area (Å²) < 4.78 is 10.9. The van der Waals surface area contributed by atoms with E-state index < -0.39 is 0 Å². The fourth-order valence-electron chi connectivity index (χ4n) is 2.20. The van der Waals surface area contributed by atoms with Crippen LogP contribution in [-0.4, -0.2) is 39.4 Å². The second-order valence-electron chi connectivity index (χ2n) is 5.62. The summed E-state index contributed by atoms with van der Waals surface area (Å²) in [4.78, 5) is 4.25. The molecule has 2 rings (SSSR count). The van der Waals surface area contributed by atoms with Gasteiger partial charge in [0.15, 0.2) is 5.96 Å². The summed E-state index contributed by atoms with van der Waals surface area (Å²) in [6.45, 7) is 8.03. The van der Waals surface area contributed by atoms with Gasteiger partial charge in [0.25, 0.3) is 0 Å². The van der Waals surface area contributed by atoms with Crippen molar-refractivity contribution in [3.05, 3.63) is 29.8 Å². The molecule has 0 bridgehead atoms. The van der Waals surface area contributed by atoms with Crippen molar-refractivity contribution in [3.8, 4) is 5.75 Å². The first-order valence-corrected chi connectivity index (χ1v) is 7.40. The maximum absolute atomic E-state index is 5.63. The molecule has 5 nitrogen and oxygen atoms in total. The van der Waals surface area contributed by atoms with Crippen LogP contribution in [0.25, 0.3) is 0 Å². The van der Waals surface area contributed by atoms with Crippen molar-refractivity contribution in [2.45, 2.75) is 20.4 Å². The van der Waals surface area contributed by atoms with Crippen molar-refractivity contribution in [3.63, 3.8) is 0 Å². The first-order valence-electron chi connectivity index (χ1n) is 7.40. The van der Waals surface area contributed by atoms with Crippen molar-refractivity contribution in [2.24, 2.45) is 10.4 Å². The lowest BCUT2D eigenvalue weighted by molar-refractivity contribution is -0.0971. The van der Waals surface area contributed by atoms with E-state index in [1.807, 2.05) is 25.1 Å². The van der Waals surface area contributed by atoms with Crippen LogP contribution in [0.2, 0.25) is 0 Å². The molecule has 1 fully saturated rings. The minimum atomic E-state index is 0.223. The summed E-state index contributed by atoms with van der Waals surface area (Å²) in [5.41, 5.74) is 1.35. The highest BCUT2D eigenvalue weighted by Gasteiger charge is 2.33. The van der Waals surface area contributed by atoms with E-state index in [0.717, 1.165) is 37.0 Å². The van der Waals surface area contributed by atoms with Crippen molar-refractivity contribution in [2.75, 3.05) is 33.4 Å². The molecule has 1 aliphatic heterocycles. The van der Waals surface area contributed by atoms with Crippen molar-refractivity contribution >= 4 is 5.96 Å². The van der Waals surface area contributed by atoms with Gasteiger partial charge in [-0.3, -0.25) is 4.99 Å². The van der Waals surface area contributed by atoms with Crippen LogP contribution in [0.4, 0.5) is 0 Å². The van der Waals surface area contributed by atoms with Crippen LogP contribution in [0.1, 0.15) is 19.4 Å². The molecule has 0 aliphatic carbocycles. The molecule has 5 heteroatoms. The SMILES string of the molecule is CCOc1ccccc1CNC(=NC)NCC1(C)COC1. The molecule has 0 atom stereocenters. The Balaban J connectivity index is 1.85. The molecule has 21 heavy (non-hydrogen) atoms. The van der Waals surface area contributed by atoms with Gasteiger partial charge in [-0.2, -0.15) is 0 Å². The van der Waals surface area contributed by atoms with Crippen LogP contribution in [0.3, 0.4) is 0 Å². The Morgan fingerprint density at radius 2 is 2.10 bits per heavy atom. The van der Waals surface area contributed by atoms with Gasteiger partial charge in [0.1, 0.15) is 5.75 Å². The number of para-hydroxylation sites is 1. The third kappa shape index (κ3) is 4.36. The Morgan fingerprint density at radius 1 is 1.33 bits per heavy atom. The summed E-state index contributed by atoms with van der Waals surface area (Å²) in [6.07, 6.45) is 0. The number of hydrogen-bond donors (Lipinski definition) is 2. The van der Waals surface area contributed by atoms with Gasteiger partial charge < -0.3 is 20.1 Å². The topological polar surface area (TPSA) is 54.9 Å². The van der Waals surface area contributed by atoms with E-state index in [1.165, 1.54) is 0 Å². The third-order valence-electron chi connectivity index (χ3n) is 3.53. The summed E-state index contributed by atoms with van der Waals surface area (Å²) in [5, 5.41) is 6.68. The number of rotatable bonds is 6. The zero-order chi connectivity index (χ0) is 15.1. The molecule has 2 N–H and O–H groups in total. The molecule has 1 saturated heterocycles. The molecule has 1 aromatic rings. The van der Waals surface area contributed by atoms with Crippen LogP contribution in [0.15, 0.2) is 29.3 Å². The lowest BCUT2D eigenvalue weighted by Crippen LogP contribution is -2.50. The van der Waals surface area contributed by atoms with Gasteiger partial charge in [-0.15, -0.1) is 0 Å². The van der Waals surface area contributed by atoms with E-state index in [1.54, 1.807) is 7.05 Å². The average Bonchev–Trinajstić information content (AvgIpc) is 2.47. The molecule has 0 unspecified atom stereocenters. The summed E-state index contributed by atoms with van der Waals surface area (Å²) in [6, 6.07) is 8.05. The quantitative estimate of drug-likeness (QED) is 0.620. The second-order valence-corrected chi connectivity index (χ2v) is 5.62.